The SMILES string of the molecule is N#Cc1ccc(-c2cc3c4ccccc4c(-c4cccc(-c5nc(-c6ccccc6)nc(-c6ccc7c(c6)oc6ccccc67)n5)c4)cc3c3ccccc23)c2ccccc12. The standard InChI is InChI=1S/C56H32N4O/c57-33-38-26-27-45(40-18-5-4-17-39(38)40)49-32-51-42-20-7-6-19-41(42)48(31-50(51)44-22-9-8-21-43(44)49)35-15-12-16-36(29-35)55-58-54(34-13-2-1-3-14-34)59-56(60-55)37-25-28-47-46-23-10-11-24-52(46)61-53(47)30-37/h1-32H. The number of benzene rings is 10. The Morgan fingerprint density at radius 1 is 0.311 bits per heavy atom. The Balaban J connectivity index is 1.04. The lowest BCUT2D eigenvalue weighted by atomic mass is 9.86. The summed E-state index contributed by atoms with van der Waals surface area (Å²) in [7, 11) is 0. The Bertz CT molecular complexity index is 3790. The second kappa shape index (κ2) is 13.8. The van der Waals surface area contributed by atoms with Crippen molar-refractivity contribution in [3.8, 4) is 62.5 Å². The third-order valence-corrected chi connectivity index (χ3v) is 12.0. The average Bonchev–Trinajstić information content (AvgIpc) is 3.71. The molecule has 0 N–H and O–H groups in total. The molecular formula is C56H32N4O. The molecule has 0 saturated heterocycles. The molecule has 0 aliphatic heterocycles. The van der Waals surface area contributed by atoms with E-state index in [1.54, 1.807) is 0 Å². The molecule has 61 heavy (non-hydrogen) atoms. The summed E-state index contributed by atoms with van der Waals surface area (Å²) < 4.78 is 6.27. The summed E-state index contributed by atoms with van der Waals surface area (Å²) in [5.41, 5.74) is 9.41. The predicted molar refractivity (Wildman–Crippen MR) is 249 cm³/mol. The van der Waals surface area contributed by atoms with Crippen molar-refractivity contribution < 1.29 is 4.42 Å². The third kappa shape index (κ3) is 5.66. The molecule has 0 saturated carbocycles. The molecule has 0 bridgehead atoms. The van der Waals surface area contributed by atoms with Crippen LogP contribution in [0.4, 0.5) is 0 Å². The minimum absolute atomic E-state index is 0.574. The fourth-order valence-electron chi connectivity index (χ4n) is 9.09. The normalized spacial score (nSPS) is 11.6. The Labute approximate surface area is 350 Å². The van der Waals surface area contributed by atoms with E-state index in [-0.39, 0.29) is 0 Å². The number of nitrogens with zero attached hydrogens (tertiary/aromatic N) is 4. The number of furan rings is 1. The first-order valence-corrected chi connectivity index (χ1v) is 20.3. The lowest BCUT2D eigenvalue weighted by Crippen LogP contribution is -2.00. The van der Waals surface area contributed by atoms with E-state index in [4.69, 9.17) is 19.4 Å². The van der Waals surface area contributed by atoms with Gasteiger partial charge in [0.15, 0.2) is 17.5 Å². The molecule has 282 valence electrons. The summed E-state index contributed by atoms with van der Waals surface area (Å²) in [6.07, 6.45) is 0. The highest BCUT2D eigenvalue weighted by Gasteiger charge is 2.19. The Morgan fingerprint density at radius 2 is 0.820 bits per heavy atom. The molecule has 12 rings (SSSR count). The fourth-order valence-corrected chi connectivity index (χ4v) is 9.09. The molecule has 0 unspecified atom stereocenters. The minimum Gasteiger partial charge on any atom is -0.456 e. The molecule has 2 aromatic heterocycles. The van der Waals surface area contributed by atoms with Crippen molar-refractivity contribution in [1.29, 1.82) is 5.26 Å². The van der Waals surface area contributed by atoms with Gasteiger partial charge in [-0.15, -0.1) is 0 Å². The number of rotatable bonds is 5. The van der Waals surface area contributed by atoms with Gasteiger partial charge in [0, 0.05) is 32.8 Å². The summed E-state index contributed by atoms with van der Waals surface area (Å²) >= 11 is 0. The van der Waals surface area contributed by atoms with Crippen molar-refractivity contribution in [3.63, 3.8) is 0 Å². The van der Waals surface area contributed by atoms with Gasteiger partial charge in [-0.1, -0.05) is 152 Å². The second-order valence-corrected chi connectivity index (χ2v) is 15.4. The van der Waals surface area contributed by atoms with Crippen LogP contribution in [0.2, 0.25) is 0 Å². The van der Waals surface area contributed by atoms with Crippen LogP contribution < -0.4 is 0 Å². The molecule has 0 aliphatic carbocycles. The lowest BCUT2D eigenvalue weighted by molar-refractivity contribution is 0.669. The minimum atomic E-state index is 0.574. The lowest BCUT2D eigenvalue weighted by Gasteiger charge is -2.17. The van der Waals surface area contributed by atoms with E-state index in [1.807, 2.05) is 78.9 Å². The maximum atomic E-state index is 9.94. The molecule has 0 fully saturated rings. The number of hydrogen-bond acceptors (Lipinski definition) is 5. The first-order chi connectivity index (χ1) is 30.2. The summed E-state index contributed by atoms with van der Waals surface area (Å²) in [6, 6.07) is 69.5. The average molecular weight is 777 g/mol. The second-order valence-electron chi connectivity index (χ2n) is 15.4. The predicted octanol–water partition coefficient (Wildman–Crippen LogP) is 14.6. The fraction of sp³-hybridized carbons (Fsp3) is 0. The summed E-state index contributed by atoms with van der Waals surface area (Å²) in [5, 5.41) is 21.1. The van der Waals surface area contributed by atoms with E-state index in [9.17, 15) is 5.26 Å². The number of para-hydroxylation sites is 1. The van der Waals surface area contributed by atoms with Crippen LogP contribution >= 0.6 is 0 Å². The van der Waals surface area contributed by atoms with Crippen molar-refractivity contribution in [1.82, 2.24) is 15.0 Å². The van der Waals surface area contributed by atoms with Crippen LogP contribution in [0.1, 0.15) is 5.56 Å². The van der Waals surface area contributed by atoms with Gasteiger partial charge in [0.25, 0.3) is 0 Å². The highest BCUT2D eigenvalue weighted by atomic mass is 16.3. The quantitative estimate of drug-likeness (QED) is 0.163. The van der Waals surface area contributed by atoms with Crippen molar-refractivity contribution >= 4 is 65.0 Å². The van der Waals surface area contributed by atoms with Crippen molar-refractivity contribution in [2.45, 2.75) is 0 Å². The van der Waals surface area contributed by atoms with Gasteiger partial charge in [0.2, 0.25) is 0 Å². The van der Waals surface area contributed by atoms with E-state index >= 15 is 0 Å². The molecule has 0 aliphatic rings. The number of nitriles is 1. The topological polar surface area (TPSA) is 75.6 Å². The molecule has 0 radical (unpaired) electrons. The zero-order chi connectivity index (χ0) is 40.4. The summed E-state index contributed by atoms with van der Waals surface area (Å²) in [5.74, 6) is 1.76. The molecular weight excluding hydrogens is 745 g/mol. The highest BCUT2D eigenvalue weighted by Crippen LogP contribution is 2.44. The maximum Gasteiger partial charge on any atom is 0.164 e. The van der Waals surface area contributed by atoms with Gasteiger partial charge < -0.3 is 4.42 Å². The molecule has 5 heteroatoms. The molecule has 0 atom stereocenters. The van der Waals surface area contributed by atoms with Gasteiger partial charge in [-0.05, 0) is 102 Å². The largest absolute Gasteiger partial charge is 0.456 e. The van der Waals surface area contributed by atoms with E-state index in [2.05, 4.69) is 121 Å². The molecule has 2 heterocycles. The van der Waals surface area contributed by atoms with Gasteiger partial charge in [0.1, 0.15) is 11.2 Å². The van der Waals surface area contributed by atoms with E-state index in [0.29, 0.717) is 23.0 Å². The molecule has 12 aromatic rings. The van der Waals surface area contributed by atoms with Crippen molar-refractivity contribution in [2.75, 3.05) is 0 Å². The van der Waals surface area contributed by atoms with Crippen molar-refractivity contribution in [3.05, 3.63) is 200 Å². The Morgan fingerprint density at radius 3 is 1.52 bits per heavy atom. The van der Waals surface area contributed by atoms with E-state index < -0.39 is 0 Å². The summed E-state index contributed by atoms with van der Waals surface area (Å²) in [4.78, 5) is 15.3. The van der Waals surface area contributed by atoms with Crippen LogP contribution in [0.3, 0.4) is 0 Å². The van der Waals surface area contributed by atoms with Crippen LogP contribution in [-0.2, 0) is 0 Å². The molecule has 0 spiro atoms. The first-order valence-electron chi connectivity index (χ1n) is 20.3. The zero-order valence-corrected chi connectivity index (χ0v) is 32.7. The molecule has 5 nitrogen and oxygen atoms in total. The smallest absolute Gasteiger partial charge is 0.164 e. The Hall–Kier alpha value is -8.46. The van der Waals surface area contributed by atoms with Crippen molar-refractivity contribution in [2.24, 2.45) is 0 Å². The highest BCUT2D eigenvalue weighted by molar-refractivity contribution is 6.25. The Kier molecular flexibility index (Phi) is 7.84. The van der Waals surface area contributed by atoms with Gasteiger partial charge in [-0.3, -0.25) is 0 Å². The van der Waals surface area contributed by atoms with E-state index in [1.165, 1.54) is 21.5 Å². The van der Waals surface area contributed by atoms with Gasteiger partial charge in [-0.25, -0.2) is 15.0 Å². The van der Waals surface area contributed by atoms with Crippen LogP contribution in [0.5, 0.6) is 0 Å². The van der Waals surface area contributed by atoms with Gasteiger partial charge >= 0.3 is 0 Å². The van der Waals surface area contributed by atoms with Crippen LogP contribution in [-0.4, -0.2) is 15.0 Å². The number of fused-ring (bicyclic) bond motifs is 9. The molecule has 0 amide bonds. The van der Waals surface area contributed by atoms with Crippen LogP contribution in [0, 0.1) is 11.3 Å². The zero-order valence-electron chi connectivity index (χ0n) is 32.7. The van der Waals surface area contributed by atoms with Crippen LogP contribution in [0.15, 0.2) is 199 Å². The third-order valence-electron chi connectivity index (χ3n) is 12.0. The van der Waals surface area contributed by atoms with Gasteiger partial charge in [0.05, 0.1) is 11.6 Å². The monoisotopic (exact) mass is 776 g/mol. The first kappa shape index (κ1) is 34.6. The number of aromatic nitrogens is 3. The van der Waals surface area contributed by atoms with E-state index in [0.717, 1.165) is 82.4 Å². The van der Waals surface area contributed by atoms with Gasteiger partial charge in [-0.2, -0.15) is 5.26 Å². The maximum absolute atomic E-state index is 9.94. The number of hydrogen-bond donors (Lipinski definition) is 0. The summed E-state index contributed by atoms with van der Waals surface area (Å²) in [6.45, 7) is 0. The molecule has 10 aromatic carbocycles. The van der Waals surface area contributed by atoms with Crippen LogP contribution in [0.25, 0.3) is 121 Å².